The zero-order valence-corrected chi connectivity index (χ0v) is 8.75. The number of likely N-dealkylation sites (N-methyl/N-ethyl adjacent to an activating group) is 2. The van der Waals surface area contributed by atoms with Crippen LogP contribution in [0.25, 0.3) is 0 Å². The van der Waals surface area contributed by atoms with Gasteiger partial charge in [-0.2, -0.15) is 0 Å². The Morgan fingerprint density at radius 3 is 2.38 bits per heavy atom. The summed E-state index contributed by atoms with van der Waals surface area (Å²) in [6.07, 6.45) is 2.52. The first-order valence-corrected chi connectivity index (χ1v) is 5.21. The van der Waals surface area contributed by atoms with Gasteiger partial charge >= 0.3 is 0 Å². The zero-order chi connectivity index (χ0) is 9.31. The Labute approximate surface area is 80.6 Å². The van der Waals surface area contributed by atoms with Crippen LogP contribution in [-0.2, 0) is 4.74 Å². The van der Waals surface area contributed by atoms with E-state index in [1.54, 1.807) is 0 Å². The van der Waals surface area contributed by atoms with Crippen molar-refractivity contribution in [2.24, 2.45) is 0 Å². The van der Waals surface area contributed by atoms with E-state index >= 15 is 0 Å². The van der Waals surface area contributed by atoms with E-state index in [0.717, 1.165) is 26.2 Å². The first-order valence-electron chi connectivity index (χ1n) is 5.21. The van der Waals surface area contributed by atoms with E-state index in [2.05, 4.69) is 23.9 Å². The van der Waals surface area contributed by atoms with Gasteiger partial charge in [0.1, 0.15) is 0 Å². The van der Waals surface area contributed by atoms with Crippen LogP contribution in [0.4, 0.5) is 0 Å². The SMILES string of the molecule is CN1CCC[C@]2(C1)CN(C)CCO2. The van der Waals surface area contributed by atoms with E-state index in [1.807, 2.05) is 0 Å². The van der Waals surface area contributed by atoms with Crippen molar-refractivity contribution in [2.75, 3.05) is 46.9 Å². The molecule has 3 heteroatoms. The Bertz CT molecular complexity index is 164. The van der Waals surface area contributed by atoms with Crippen LogP contribution in [0.15, 0.2) is 0 Å². The van der Waals surface area contributed by atoms with Crippen LogP contribution >= 0.6 is 0 Å². The van der Waals surface area contributed by atoms with E-state index in [-0.39, 0.29) is 5.60 Å². The maximum Gasteiger partial charge on any atom is 0.0935 e. The van der Waals surface area contributed by atoms with Crippen LogP contribution in [0, 0.1) is 0 Å². The molecule has 0 bridgehead atoms. The minimum absolute atomic E-state index is 0.153. The quantitative estimate of drug-likeness (QED) is 0.542. The average Bonchev–Trinajstić information content (AvgIpc) is 2.02. The molecule has 0 aromatic rings. The van der Waals surface area contributed by atoms with E-state index in [4.69, 9.17) is 4.74 Å². The average molecular weight is 184 g/mol. The normalized spacial score (nSPS) is 38.3. The molecule has 1 spiro atoms. The Balaban J connectivity index is 2.00. The van der Waals surface area contributed by atoms with Gasteiger partial charge in [0.2, 0.25) is 0 Å². The van der Waals surface area contributed by atoms with E-state index in [0.29, 0.717) is 0 Å². The lowest BCUT2D eigenvalue weighted by Crippen LogP contribution is -2.58. The van der Waals surface area contributed by atoms with Gasteiger partial charge in [0.15, 0.2) is 0 Å². The van der Waals surface area contributed by atoms with Crippen molar-refractivity contribution in [1.29, 1.82) is 0 Å². The summed E-state index contributed by atoms with van der Waals surface area (Å²) in [6, 6.07) is 0. The topological polar surface area (TPSA) is 15.7 Å². The molecule has 0 radical (unpaired) electrons. The fourth-order valence-corrected chi connectivity index (χ4v) is 2.60. The second kappa shape index (κ2) is 3.56. The highest BCUT2D eigenvalue weighted by Crippen LogP contribution is 2.27. The van der Waals surface area contributed by atoms with Crippen molar-refractivity contribution in [2.45, 2.75) is 18.4 Å². The smallest absolute Gasteiger partial charge is 0.0935 e. The Kier molecular flexibility index (Phi) is 2.58. The molecule has 2 heterocycles. The molecule has 1 atom stereocenters. The van der Waals surface area contributed by atoms with E-state index < -0.39 is 0 Å². The minimum Gasteiger partial charge on any atom is -0.371 e. The number of hydrogen-bond acceptors (Lipinski definition) is 3. The lowest BCUT2D eigenvalue weighted by atomic mass is 9.91. The van der Waals surface area contributed by atoms with Crippen molar-refractivity contribution in [3.8, 4) is 0 Å². The van der Waals surface area contributed by atoms with E-state index in [9.17, 15) is 0 Å². The molecule has 2 fully saturated rings. The van der Waals surface area contributed by atoms with Crippen molar-refractivity contribution in [3.63, 3.8) is 0 Å². The molecule has 3 nitrogen and oxygen atoms in total. The Morgan fingerprint density at radius 1 is 1.08 bits per heavy atom. The molecule has 0 amide bonds. The summed E-state index contributed by atoms with van der Waals surface area (Å²) in [7, 11) is 4.39. The number of hydrogen-bond donors (Lipinski definition) is 0. The predicted molar refractivity (Wildman–Crippen MR) is 52.9 cm³/mol. The van der Waals surface area contributed by atoms with Gasteiger partial charge in [-0.3, -0.25) is 0 Å². The van der Waals surface area contributed by atoms with Crippen molar-refractivity contribution in [3.05, 3.63) is 0 Å². The molecular weight excluding hydrogens is 164 g/mol. The van der Waals surface area contributed by atoms with Gasteiger partial charge in [-0.1, -0.05) is 0 Å². The van der Waals surface area contributed by atoms with E-state index in [1.165, 1.54) is 19.4 Å². The molecule has 0 aromatic carbocycles. The number of ether oxygens (including phenoxy) is 1. The molecule has 2 saturated heterocycles. The summed E-state index contributed by atoms with van der Waals surface area (Å²) in [5.74, 6) is 0. The second-order valence-electron chi connectivity index (χ2n) is 4.61. The van der Waals surface area contributed by atoms with Gasteiger partial charge in [0.05, 0.1) is 12.2 Å². The fourth-order valence-electron chi connectivity index (χ4n) is 2.60. The summed E-state index contributed by atoms with van der Waals surface area (Å²) in [4.78, 5) is 4.78. The molecule has 2 rings (SSSR count). The number of rotatable bonds is 0. The largest absolute Gasteiger partial charge is 0.371 e. The minimum atomic E-state index is 0.153. The first-order chi connectivity index (χ1) is 6.20. The molecule has 0 aromatic heterocycles. The van der Waals surface area contributed by atoms with Crippen molar-refractivity contribution in [1.82, 2.24) is 9.80 Å². The van der Waals surface area contributed by atoms with Crippen LogP contribution in [0.1, 0.15) is 12.8 Å². The van der Waals surface area contributed by atoms with Gasteiger partial charge in [0.25, 0.3) is 0 Å². The number of morpholine rings is 1. The maximum atomic E-state index is 5.96. The molecule has 0 saturated carbocycles. The van der Waals surface area contributed by atoms with Gasteiger partial charge in [0, 0.05) is 19.6 Å². The highest BCUT2D eigenvalue weighted by Gasteiger charge is 2.38. The van der Waals surface area contributed by atoms with Gasteiger partial charge in [-0.25, -0.2) is 0 Å². The van der Waals surface area contributed by atoms with Crippen LogP contribution in [0.5, 0.6) is 0 Å². The summed E-state index contributed by atoms with van der Waals surface area (Å²) < 4.78 is 5.96. The summed E-state index contributed by atoms with van der Waals surface area (Å²) in [5.41, 5.74) is 0.153. The van der Waals surface area contributed by atoms with Gasteiger partial charge in [-0.05, 0) is 33.5 Å². The molecule has 13 heavy (non-hydrogen) atoms. The highest BCUT2D eigenvalue weighted by molar-refractivity contribution is 4.92. The Morgan fingerprint density at radius 2 is 1.77 bits per heavy atom. The van der Waals surface area contributed by atoms with Gasteiger partial charge < -0.3 is 14.5 Å². The van der Waals surface area contributed by atoms with Crippen molar-refractivity contribution >= 4 is 0 Å². The molecule has 0 aliphatic carbocycles. The molecule has 2 aliphatic rings. The molecule has 76 valence electrons. The third-order valence-electron chi connectivity index (χ3n) is 3.17. The Hall–Kier alpha value is -0.120. The number of likely N-dealkylation sites (tertiary alicyclic amines) is 1. The van der Waals surface area contributed by atoms with Crippen LogP contribution in [-0.4, -0.2) is 62.3 Å². The predicted octanol–water partition coefficient (Wildman–Crippen LogP) is 0.413. The zero-order valence-electron chi connectivity index (χ0n) is 8.75. The van der Waals surface area contributed by atoms with Crippen molar-refractivity contribution < 1.29 is 4.74 Å². The third kappa shape index (κ3) is 2.03. The first kappa shape index (κ1) is 9.44. The third-order valence-corrected chi connectivity index (χ3v) is 3.17. The highest BCUT2D eigenvalue weighted by atomic mass is 16.5. The standard InChI is InChI=1S/C10H20N2O/c1-11-5-3-4-10(8-11)9-12(2)6-7-13-10/h3-9H2,1-2H3/t10-/m0/s1. The van der Waals surface area contributed by atoms with Crippen LogP contribution < -0.4 is 0 Å². The fraction of sp³-hybridized carbons (Fsp3) is 1.00. The monoisotopic (exact) mass is 184 g/mol. The molecule has 0 unspecified atom stereocenters. The maximum absolute atomic E-state index is 5.96. The molecule has 0 N–H and O–H groups in total. The summed E-state index contributed by atoms with van der Waals surface area (Å²) in [6.45, 7) is 5.44. The summed E-state index contributed by atoms with van der Waals surface area (Å²) in [5, 5.41) is 0. The summed E-state index contributed by atoms with van der Waals surface area (Å²) >= 11 is 0. The van der Waals surface area contributed by atoms with Crippen LogP contribution in [0.3, 0.4) is 0 Å². The van der Waals surface area contributed by atoms with Gasteiger partial charge in [-0.15, -0.1) is 0 Å². The number of piperidine rings is 1. The number of nitrogens with zero attached hydrogens (tertiary/aromatic N) is 2. The lowest BCUT2D eigenvalue weighted by Gasteiger charge is -2.46. The van der Waals surface area contributed by atoms with Crippen LogP contribution in [0.2, 0.25) is 0 Å². The lowest BCUT2D eigenvalue weighted by molar-refractivity contribution is -0.131. The molecule has 2 aliphatic heterocycles. The molecular formula is C10H20N2O. The second-order valence-corrected chi connectivity index (χ2v) is 4.61.